The second-order valence-electron chi connectivity index (χ2n) is 3.45. The van der Waals surface area contributed by atoms with Crippen LogP contribution in [0.15, 0.2) is 30.3 Å². The topological polar surface area (TPSA) is 55.4 Å². The van der Waals surface area contributed by atoms with Crippen molar-refractivity contribution in [1.29, 1.82) is 0 Å². The summed E-state index contributed by atoms with van der Waals surface area (Å²) in [5.74, 6) is 0.492. The molecule has 2 amide bonds. The average molecular weight is 249 g/mol. The Labute approximate surface area is 103 Å². The average Bonchev–Trinajstić information content (AvgIpc) is 2.65. The molecule has 1 aromatic carbocycles. The van der Waals surface area contributed by atoms with Gasteiger partial charge < -0.3 is 4.74 Å². The molecule has 0 aliphatic carbocycles. The van der Waals surface area contributed by atoms with Crippen molar-refractivity contribution in [3.63, 3.8) is 0 Å². The number of hydrogen-bond donors (Lipinski definition) is 1. The van der Waals surface area contributed by atoms with Crippen molar-refractivity contribution >= 4 is 29.0 Å². The van der Waals surface area contributed by atoms with E-state index in [0.717, 1.165) is 23.1 Å². The van der Waals surface area contributed by atoms with Crippen LogP contribution in [0.3, 0.4) is 0 Å². The van der Waals surface area contributed by atoms with Gasteiger partial charge in [-0.3, -0.25) is 14.9 Å². The zero-order valence-corrected chi connectivity index (χ0v) is 9.99. The molecule has 17 heavy (non-hydrogen) atoms. The lowest BCUT2D eigenvalue weighted by Gasteiger charge is -2.00. The van der Waals surface area contributed by atoms with Crippen LogP contribution in [0, 0.1) is 0 Å². The second kappa shape index (κ2) is 5.05. The van der Waals surface area contributed by atoms with Crippen LogP contribution in [0.25, 0.3) is 6.08 Å². The van der Waals surface area contributed by atoms with E-state index in [0.29, 0.717) is 0 Å². The number of thioether (sulfide) groups is 1. The summed E-state index contributed by atoms with van der Waals surface area (Å²) in [6, 6.07) is 7.47. The number of carbonyl (C=O) groups excluding carboxylic acids is 2. The molecule has 88 valence electrons. The predicted octanol–water partition coefficient (Wildman–Crippen LogP) is 2.06. The predicted molar refractivity (Wildman–Crippen MR) is 66.9 cm³/mol. The molecule has 1 aliphatic rings. The molecular weight excluding hydrogens is 238 g/mol. The van der Waals surface area contributed by atoms with E-state index in [9.17, 15) is 9.59 Å². The molecule has 1 aliphatic heterocycles. The number of carbonyl (C=O) groups is 2. The molecule has 4 nitrogen and oxygen atoms in total. The molecule has 1 atom stereocenters. The Hall–Kier alpha value is -1.75. The first-order valence-corrected chi connectivity index (χ1v) is 5.91. The van der Waals surface area contributed by atoms with Gasteiger partial charge in [-0.05, 0) is 29.5 Å². The molecule has 0 bridgehead atoms. The summed E-state index contributed by atoms with van der Waals surface area (Å²) in [5, 5.41) is 1.50. The summed E-state index contributed by atoms with van der Waals surface area (Å²) >= 11 is 0.985. The van der Waals surface area contributed by atoms with Crippen LogP contribution >= 0.6 is 11.8 Å². The Bertz CT molecular complexity index is 484. The summed E-state index contributed by atoms with van der Waals surface area (Å²) in [6.07, 6.45) is 3.51. The smallest absolute Gasteiger partial charge is 0.286 e. The molecule has 1 aromatic rings. The molecule has 1 heterocycles. The quantitative estimate of drug-likeness (QED) is 0.890. The Morgan fingerprint density at radius 3 is 2.88 bits per heavy atom. The van der Waals surface area contributed by atoms with E-state index in [1.807, 2.05) is 24.3 Å². The SMILES string of the molecule is COc1cccc(/C=C\C2SC(=O)NC2=O)c1. The highest BCUT2D eigenvalue weighted by molar-refractivity contribution is 8.15. The van der Waals surface area contributed by atoms with Gasteiger partial charge in [-0.1, -0.05) is 24.3 Å². The van der Waals surface area contributed by atoms with Crippen LogP contribution in [0.1, 0.15) is 5.56 Å². The molecule has 0 radical (unpaired) electrons. The highest BCUT2D eigenvalue weighted by Crippen LogP contribution is 2.21. The van der Waals surface area contributed by atoms with Crippen molar-refractivity contribution < 1.29 is 14.3 Å². The number of imide groups is 1. The van der Waals surface area contributed by atoms with Gasteiger partial charge in [-0.2, -0.15) is 0 Å². The van der Waals surface area contributed by atoms with Crippen LogP contribution in [-0.4, -0.2) is 23.5 Å². The molecule has 1 fully saturated rings. The van der Waals surface area contributed by atoms with Crippen LogP contribution in [0.2, 0.25) is 0 Å². The van der Waals surface area contributed by atoms with E-state index in [4.69, 9.17) is 4.74 Å². The summed E-state index contributed by atoms with van der Waals surface area (Å²) in [4.78, 5) is 22.3. The van der Waals surface area contributed by atoms with Crippen molar-refractivity contribution in [3.05, 3.63) is 35.9 Å². The number of nitrogens with one attached hydrogen (secondary N) is 1. The van der Waals surface area contributed by atoms with Gasteiger partial charge in [0.2, 0.25) is 5.91 Å². The summed E-state index contributed by atoms with van der Waals surface area (Å²) < 4.78 is 5.09. The Morgan fingerprint density at radius 2 is 2.24 bits per heavy atom. The van der Waals surface area contributed by atoms with E-state index >= 15 is 0 Å². The fourth-order valence-electron chi connectivity index (χ4n) is 1.44. The zero-order chi connectivity index (χ0) is 12.3. The fraction of sp³-hybridized carbons (Fsp3) is 0.167. The Balaban J connectivity index is 2.09. The maximum absolute atomic E-state index is 11.3. The van der Waals surface area contributed by atoms with Gasteiger partial charge in [0.25, 0.3) is 5.24 Å². The first-order chi connectivity index (χ1) is 8.19. The van der Waals surface area contributed by atoms with Gasteiger partial charge in [0.15, 0.2) is 0 Å². The molecule has 1 unspecified atom stereocenters. The van der Waals surface area contributed by atoms with E-state index < -0.39 is 5.25 Å². The van der Waals surface area contributed by atoms with Crippen molar-refractivity contribution in [1.82, 2.24) is 5.32 Å². The molecule has 0 spiro atoms. The van der Waals surface area contributed by atoms with Gasteiger partial charge >= 0.3 is 0 Å². The van der Waals surface area contributed by atoms with Gasteiger partial charge in [0.05, 0.1) is 7.11 Å². The number of benzene rings is 1. The molecular formula is C12H11NO3S. The van der Waals surface area contributed by atoms with E-state index in [2.05, 4.69) is 5.32 Å². The van der Waals surface area contributed by atoms with Gasteiger partial charge in [0, 0.05) is 0 Å². The van der Waals surface area contributed by atoms with Crippen molar-refractivity contribution in [3.8, 4) is 5.75 Å². The third-order valence-electron chi connectivity index (χ3n) is 2.27. The van der Waals surface area contributed by atoms with Crippen molar-refractivity contribution in [2.24, 2.45) is 0 Å². The van der Waals surface area contributed by atoms with E-state index in [-0.39, 0.29) is 11.1 Å². The summed E-state index contributed by atoms with van der Waals surface area (Å²) in [7, 11) is 1.60. The highest BCUT2D eigenvalue weighted by Gasteiger charge is 2.28. The molecule has 1 N–H and O–H groups in total. The van der Waals surface area contributed by atoms with Gasteiger partial charge in [0.1, 0.15) is 11.0 Å². The lowest BCUT2D eigenvalue weighted by atomic mass is 10.2. The van der Waals surface area contributed by atoms with E-state index in [1.165, 1.54) is 0 Å². The van der Waals surface area contributed by atoms with Crippen molar-refractivity contribution in [2.75, 3.05) is 7.11 Å². The number of methoxy groups -OCH3 is 1. The number of ether oxygens (including phenoxy) is 1. The maximum Gasteiger partial charge on any atom is 0.286 e. The highest BCUT2D eigenvalue weighted by atomic mass is 32.2. The maximum atomic E-state index is 11.3. The van der Waals surface area contributed by atoms with Crippen molar-refractivity contribution in [2.45, 2.75) is 5.25 Å². The minimum atomic E-state index is -0.436. The molecule has 0 saturated carbocycles. The largest absolute Gasteiger partial charge is 0.497 e. The first-order valence-electron chi connectivity index (χ1n) is 5.03. The van der Waals surface area contributed by atoms with Crippen LogP contribution < -0.4 is 10.1 Å². The minimum absolute atomic E-state index is 0.265. The standard InChI is InChI=1S/C12H11NO3S/c1-16-9-4-2-3-8(7-9)5-6-10-11(14)13-12(15)17-10/h2-7,10H,1H3,(H,13,14,15)/b6-5-. The van der Waals surface area contributed by atoms with Crippen LogP contribution in [0.5, 0.6) is 5.75 Å². The second-order valence-corrected chi connectivity index (χ2v) is 4.57. The molecule has 5 heteroatoms. The number of hydrogen-bond acceptors (Lipinski definition) is 4. The van der Waals surface area contributed by atoms with Gasteiger partial charge in [-0.25, -0.2) is 0 Å². The normalized spacial score (nSPS) is 19.7. The van der Waals surface area contributed by atoms with Gasteiger partial charge in [-0.15, -0.1) is 0 Å². The third kappa shape index (κ3) is 2.88. The summed E-state index contributed by atoms with van der Waals surface area (Å²) in [5.41, 5.74) is 0.928. The Morgan fingerprint density at radius 1 is 1.41 bits per heavy atom. The molecule has 2 rings (SSSR count). The first kappa shape index (κ1) is 11.7. The van der Waals surface area contributed by atoms with Crippen LogP contribution in [0.4, 0.5) is 4.79 Å². The fourth-order valence-corrected chi connectivity index (χ4v) is 2.15. The monoisotopic (exact) mass is 249 g/mol. The number of rotatable bonds is 3. The van der Waals surface area contributed by atoms with Crippen LogP contribution in [-0.2, 0) is 4.79 Å². The minimum Gasteiger partial charge on any atom is -0.497 e. The Kier molecular flexibility index (Phi) is 3.49. The third-order valence-corrected chi connectivity index (χ3v) is 3.22. The molecule has 0 aromatic heterocycles. The lowest BCUT2D eigenvalue weighted by Crippen LogP contribution is -2.22. The van der Waals surface area contributed by atoms with E-state index in [1.54, 1.807) is 19.3 Å². The zero-order valence-electron chi connectivity index (χ0n) is 9.17. The number of amides is 2. The molecule has 1 saturated heterocycles. The lowest BCUT2D eigenvalue weighted by molar-refractivity contribution is -0.118. The summed E-state index contributed by atoms with van der Waals surface area (Å²) in [6.45, 7) is 0.